The van der Waals surface area contributed by atoms with E-state index < -0.39 is 0 Å². The molecule has 1 atom stereocenters. The lowest BCUT2D eigenvalue weighted by molar-refractivity contribution is 0.228. The normalized spacial score (nSPS) is 13.8. The molecule has 0 aliphatic rings. The Kier molecular flexibility index (Phi) is 5.86. The lowest BCUT2D eigenvalue weighted by atomic mass is 9.77. The van der Waals surface area contributed by atoms with Gasteiger partial charge in [-0.2, -0.15) is 0 Å². The molecule has 0 heterocycles. The van der Waals surface area contributed by atoms with Crippen LogP contribution in [0.1, 0.15) is 40.2 Å². The highest BCUT2D eigenvalue weighted by atomic mass is 16.3. The van der Waals surface area contributed by atoms with Gasteiger partial charge in [-0.05, 0) is 54.5 Å². The van der Waals surface area contributed by atoms with Gasteiger partial charge in [0.1, 0.15) is 5.75 Å². The topological polar surface area (TPSA) is 32.3 Å². The van der Waals surface area contributed by atoms with Gasteiger partial charge in [0.15, 0.2) is 0 Å². The maximum Gasteiger partial charge on any atom is 0.115 e. The third-order valence-electron chi connectivity index (χ3n) is 3.56. The second kappa shape index (κ2) is 6.95. The first-order valence-corrected chi connectivity index (χ1v) is 7.27. The molecule has 0 fully saturated rings. The van der Waals surface area contributed by atoms with Crippen LogP contribution >= 0.6 is 0 Å². The molecule has 2 nitrogen and oxygen atoms in total. The van der Waals surface area contributed by atoms with Gasteiger partial charge < -0.3 is 10.4 Å². The largest absolute Gasteiger partial charge is 0.508 e. The highest BCUT2D eigenvalue weighted by Crippen LogP contribution is 2.29. The molecule has 0 amide bonds. The zero-order chi connectivity index (χ0) is 14.5. The lowest BCUT2D eigenvalue weighted by Gasteiger charge is -2.31. The Morgan fingerprint density at radius 1 is 1.16 bits per heavy atom. The van der Waals surface area contributed by atoms with Crippen LogP contribution in [0.3, 0.4) is 0 Å². The molecule has 0 saturated carbocycles. The van der Waals surface area contributed by atoms with E-state index >= 15 is 0 Å². The van der Waals surface area contributed by atoms with Crippen molar-refractivity contribution in [2.24, 2.45) is 17.3 Å². The zero-order valence-corrected chi connectivity index (χ0v) is 13.0. The summed E-state index contributed by atoms with van der Waals surface area (Å²) >= 11 is 0. The van der Waals surface area contributed by atoms with Crippen LogP contribution < -0.4 is 5.32 Å². The van der Waals surface area contributed by atoms with Gasteiger partial charge in [0.25, 0.3) is 0 Å². The van der Waals surface area contributed by atoms with E-state index in [4.69, 9.17) is 0 Å². The summed E-state index contributed by atoms with van der Waals surface area (Å²) in [6, 6.07) is 7.63. The van der Waals surface area contributed by atoms with E-state index in [1.807, 2.05) is 12.1 Å². The molecule has 0 radical (unpaired) electrons. The van der Waals surface area contributed by atoms with Crippen LogP contribution in [-0.4, -0.2) is 18.2 Å². The van der Waals surface area contributed by atoms with E-state index in [-0.39, 0.29) is 5.41 Å². The lowest BCUT2D eigenvalue weighted by Crippen LogP contribution is -2.35. The van der Waals surface area contributed by atoms with Crippen molar-refractivity contribution in [2.75, 3.05) is 13.1 Å². The predicted molar refractivity (Wildman–Crippen MR) is 82.5 cm³/mol. The Morgan fingerprint density at radius 3 is 2.37 bits per heavy atom. The maximum absolute atomic E-state index is 9.56. The first kappa shape index (κ1) is 16.0. The molecule has 2 N–H and O–H groups in total. The first-order valence-electron chi connectivity index (χ1n) is 7.27. The number of hydrogen-bond donors (Lipinski definition) is 2. The van der Waals surface area contributed by atoms with Crippen molar-refractivity contribution in [1.29, 1.82) is 0 Å². The molecule has 0 aliphatic heterocycles. The van der Waals surface area contributed by atoms with Gasteiger partial charge >= 0.3 is 0 Å². The number of phenols is 1. The Balaban J connectivity index is 2.65. The van der Waals surface area contributed by atoms with Gasteiger partial charge in [-0.15, -0.1) is 0 Å². The summed E-state index contributed by atoms with van der Waals surface area (Å²) in [4.78, 5) is 0. The fraction of sp³-hybridized carbons (Fsp3) is 0.647. The average Bonchev–Trinajstić information content (AvgIpc) is 2.26. The summed E-state index contributed by atoms with van der Waals surface area (Å²) in [5.41, 5.74) is 1.47. The minimum atomic E-state index is 0.259. The fourth-order valence-electron chi connectivity index (χ4n) is 2.20. The summed E-state index contributed by atoms with van der Waals surface area (Å²) in [5.74, 6) is 1.61. The molecule has 1 aromatic carbocycles. The van der Waals surface area contributed by atoms with E-state index in [1.54, 1.807) is 6.07 Å². The van der Waals surface area contributed by atoms with Crippen molar-refractivity contribution < 1.29 is 5.11 Å². The molecular weight excluding hydrogens is 234 g/mol. The molecule has 108 valence electrons. The highest BCUT2D eigenvalue weighted by Gasteiger charge is 2.24. The maximum atomic E-state index is 9.56. The van der Waals surface area contributed by atoms with Crippen LogP contribution in [-0.2, 0) is 6.42 Å². The molecule has 1 unspecified atom stereocenters. The van der Waals surface area contributed by atoms with Crippen LogP contribution in [0.15, 0.2) is 24.3 Å². The third kappa shape index (κ3) is 6.11. The summed E-state index contributed by atoms with van der Waals surface area (Å²) < 4.78 is 0. The van der Waals surface area contributed by atoms with E-state index in [9.17, 15) is 5.11 Å². The van der Waals surface area contributed by atoms with Crippen molar-refractivity contribution in [3.05, 3.63) is 29.8 Å². The minimum absolute atomic E-state index is 0.259. The standard InChI is InChI=1S/C17H29NO/c1-13(2)11-18-12-15(17(3,4)5)9-14-7-6-8-16(19)10-14/h6-8,10,13,15,18-19H,9,11-12H2,1-5H3. The molecule has 19 heavy (non-hydrogen) atoms. The fourth-order valence-corrected chi connectivity index (χ4v) is 2.20. The summed E-state index contributed by atoms with van der Waals surface area (Å²) in [6.45, 7) is 13.4. The van der Waals surface area contributed by atoms with E-state index in [2.05, 4.69) is 46.0 Å². The van der Waals surface area contributed by atoms with Crippen molar-refractivity contribution in [3.8, 4) is 5.75 Å². The van der Waals surface area contributed by atoms with Crippen LogP contribution in [0.5, 0.6) is 5.75 Å². The molecule has 2 heteroatoms. The van der Waals surface area contributed by atoms with Gasteiger partial charge in [0, 0.05) is 0 Å². The number of rotatable bonds is 6. The van der Waals surface area contributed by atoms with Crippen LogP contribution in [0, 0.1) is 17.3 Å². The van der Waals surface area contributed by atoms with Crippen molar-refractivity contribution >= 4 is 0 Å². The number of benzene rings is 1. The molecule has 0 aliphatic carbocycles. The zero-order valence-electron chi connectivity index (χ0n) is 13.0. The van der Waals surface area contributed by atoms with Gasteiger partial charge in [-0.1, -0.05) is 46.8 Å². The van der Waals surface area contributed by atoms with E-state index in [0.717, 1.165) is 19.5 Å². The second-order valence-electron chi connectivity index (χ2n) is 6.99. The highest BCUT2D eigenvalue weighted by molar-refractivity contribution is 5.27. The van der Waals surface area contributed by atoms with Gasteiger partial charge in [0.05, 0.1) is 0 Å². The first-order chi connectivity index (χ1) is 8.79. The molecule has 1 aromatic rings. The average molecular weight is 263 g/mol. The Labute approximate surface area is 118 Å². The predicted octanol–water partition coefficient (Wildman–Crippen LogP) is 3.84. The van der Waals surface area contributed by atoms with Gasteiger partial charge in [-0.3, -0.25) is 0 Å². The third-order valence-corrected chi connectivity index (χ3v) is 3.56. The van der Waals surface area contributed by atoms with Crippen molar-refractivity contribution in [2.45, 2.75) is 41.0 Å². The van der Waals surface area contributed by atoms with Crippen molar-refractivity contribution in [1.82, 2.24) is 5.32 Å². The van der Waals surface area contributed by atoms with E-state index in [0.29, 0.717) is 17.6 Å². The summed E-state index contributed by atoms with van der Waals surface area (Å²) in [7, 11) is 0. The number of nitrogens with one attached hydrogen (secondary N) is 1. The number of hydrogen-bond acceptors (Lipinski definition) is 2. The van der Waals surface area contributed by atoms with Crippen LogP contribution in [0.2, 0.25) is 0 Å². The molecule has 0 aromatic heterocycles. The number of aromatic hydroxyl groups is 1. The molecule has 0 bridgehead atoms. The van der Waals surface area contributed by atoms with Gasteiger partial charge in [0.2, 0.25) is 0 Å². The molecular formula is C17H29NO. The Hall–Kier alpha value is -1.02. The smallest absolute Gasteiger partial charge is 0.115 e. The monoisotopic (exact) mass is 263 g/mol. The van der Waals surface area contributed by atoms with E-state index in [1.165, 1.54) is 5.56 Å². The molecule has 0 spiro atoms. The van der Waals surface area contributed by atoms with Crippen molar-refractivity contribution in [3.63, 3.8) is 0 Å². The quantitative estimate of drug-likeness (QED) is 0.817. The Morgan fingerprint density at radius 2 is 1.84 bits per heavy atom. The van der Waals surface area contributed by atoms with Gasteiger partial charge in [-0.25, -0.2) is 0 Å². The molecule has 0 saturated heterocycles. The summed E-state index contributed by atoms with van der Waals surface area (Å²) in [6.07, 6.45) is 1.00. The second-order valence-corrected chi connectivity index (χ2v) is 6.99. The van der Waals surface area contributed by atoms with Crippen LogP contribution in [0.4, 0.5) is 0 Å². The van der Waals surface area contributed by atoms with Crippen LogP contribution in [0.25, 0.3) is 0 Å². The molecule has 1 rings (SSSR count). The summed E-state index contributed by atoms with van der Waals surface area (Å²) in [5, 5.41) is 13.1. The minimum Gasteiger partial charge on any atom is -0.508 e. The number of phenolic OH excluding ortho intramolecular Hbond substituents is 1. The SMILES string of the molecule is CC(C)CNCC(Cc1cccc(O)c1)C(C)(C)C. The Bertz CT molecular complexity index is 379.